The number of carbonyl (C=O) groups is 1. The maximum Gasteiger partial charge on any atom is 0.417 e. The van der Waals surface area contributed by atoms with Gasteiger partial charge < -0.3 is 4.90 Å². The molecule has 1 amide bonds. The first-order chi connectivity index (χ1) is 14.7. The van der Waals surface area contributed by atoms with Crippen molar-refractivity contribution in [1.29, 1.82) is 0 Å². The Labute approximate surface area is 175 Å². The van der Waals surface area contributed by atoms with Gasteiger partial charge in [0.2, 0.25) is 0 Å². The molecule has 4 rings (SSSR count). The van der Waals surface area contributed by atoms with Crippen molar-refractivity contribution in [3.05, 3.63) is 75.7 Å². The van der Waals surface area contributed by atoms with Crippen LogP contribution in [0.5, 0.6) is 0 Å². The number of amides is 1. The quantitative estimate of drug-likeness (QED) is 0.634. The van der Waals surface area contributed by atoms with Crippen molar-refractivity contribution in [2.75, 3.05) is 11.4 Å². The zero-order chi connectivity index (χ0) is 22.5. The van der Waals surface area contributed by atoms with Crippen LogP contribution in [-0.2, 0) is 18.0 Å². The van der Waals surface area contributed by atoms with E-state index in [-0.39, 0.29) is 29.2 Å². The molecule has 31 heavy (non-hydrogen) atoms. The minimum atomic E-state index is -4.67. The van der Waals surface area contributed by atoms with E-state index >= 15 is 0 Å². The third-order valence-electron chi connectivity index (χ3n) is 5.39. The van der Waals surface area contributed by atoms with Crippen LogP contribution in [0.4, 0.5) is 24.5 Å². The molecule has 2 heterocycles. The summed E-state index contributed by atoms with van der Waals surface area (Å²) in [6, 6.07) is 12.4. The van der Waals surface area contributed by atoms with Crippen LogP contribution < -0.4 is 10.5 Å². The Kier molecular flexibility index (Phi) is 4.83. The minimum Gasteiger partial charge on any atom is -0.307 e. The monoisotopic (exact) mass is 428 g/mol. The fraction of sp³-hybridized carbons (Fsp3) is 0.227. The first kappa shape index (κ1) is 20.6. The van der Waals surface area contributed by atoms with Crippen molar-refractivity contribution < 1.29 is 18.0 Å². The van der Waals surface area contributed by atoms with Crippen molar-refractivity contribution in [2.24, 2.45) is 12.0 Å². The molecule has 1 aliphatic rings. The van der Waals surface area contributed by atoms with Gasteiger partial charge in [-0.3, -0.25) is 14.3 Å². The maximum atomic E-state index is 13.7. The average molecular weight is 428 g/mol. The van der Waals surface area contributed by atoms with Crippen LogP contribution in [-0.4, -0.2) is 27.5 Å². The SMILES string of the molecule is CCN1C(=O)C(=Nc2c(C)n(C)n(-c3ccccc3)c2=O)c2c1cccc2C(F)(F)F. The van der Waals surface area contributed by atoms with Crippen molar-refractivity contribution in [2.45, 2.75) is 20.0 Å². The number of benzene rings is 2. The smallest absolute Gasteiger partial charge is 0.307 e. The molecule has 6 nitrogen and oxygen atoms in total. The molecule has 1 aliphatic heterocycles. The summed E-state index contributed by atoms with van der Waals surface area (Å²) in [4.78, 5) is 31.6. The minimum absolute atomic E-state index is 0.0735. The number of halogens is 3. The molecule has 160 valence electrons. The van der Waals surface area contributed by atoms with E-state index in [4.69, 9.17) is 0 Å². The first-order valence-corrected chi connectivity index (χ1v) is 9.62. The highest BCUT2D eigenvalue weighted by Gasteiger charge is 2.43. The zero-order valence-electron chi connectivity index (χ0n) is 17.1. The molecular formula is C22H19F3N4O2. The average Bonchev–Trinajstić information content (AvgIpc) is 3.12. The fourth-order valence-corrected chi connectivity index (χ4v) is 3.81. The maximum absolute atomic E-state index is 13.7. The summed E-state index contributed by atoms with van der Waals surface area (Å²) in [5.41, 5.74) is -1.08. The first-order valence-electron chi connectivity index (χ1n) is 9.62. The van der Waals surface area contributed by atoms with Crippen LogP contribution in [0.3, 0.4) is 0 Å². The van der Waals surface area contributed by atoms with Gasteiger partial charge in [-0.25, -0.2) is 9.67 Å². The second kappa shape index (κ2) is 7.26. The summed E-state index contributed by atoms with van der Waals surface area (Å²) in [7, 11) is 1.65. The third-order valence-corrected chi connectivity index (χ3v) is 5.39. The number of hydrogen-bond acceptors (Lipinski definition) is 3. The molecule has 0 atom stereocenters. The molecule has 1 aromatic heterocycles. The van der Waals surface area contributed by atoms with E-state index in [9.17, 15) is 22.8 Å². The number of anilines is 1. The molecule has 9 heteroatoms. The molecule has 0 fully saturated rings. The molecule has 0 saturated heterocycles. The number of rotatable bonds is 3. The standard InChI is InChI=1S/C22H19F3N4O2/c1-4-28-16-12-8-11-15(22(23,24)25)17(16)19(20(28)30)26-18-13(2)27(3)29(21(18)31)14-9-6-5-7-10-14/h5-12H,4H2,1-3H3. The van der Waals surface area contributed by atoms with Crippen LogP contribution in [0.2, 0.25) is 0 Å². The predicted octanol–water partition coefficient (Wildman–Crippen LogP) is 3.99. The number of carbonyl (C=O) groups excluding carboxylic acids is 1. The Hall–Kier alpha value is -3.62. The van der Waals surface area contributed by atoms with E-state index in [1.807, 2.05) is 0 Å². The van der Waals surface area contributed by atoms with Crippen molar-refractivity contribution in [3.63, 3.8) is 0 Å². The Morgan fingerprint density at radius 3 is 2.29 bits per heavy atom. The van der Waals surface area contributed by atoms with Gasteiger partial charge in [-0.15, -0.1) is 0 Å². The largest absolute Gasteiger partial charge is 0.417 e. The summed E-state index contributed by atoms with van der Waals surface area (Å²) in [6.45, 7) is 3.48. The van der Waals surface area contributed by atoms with Gasteiger partial charge in [-0.2, -0.15) is 13.2 Å². The highest BCUT2D eigenvalue weighted by molar-refractivity contribution is 6.55. The second-order valence-electron chi connectivity index (χ2n) is 7.12. The topological polar surface area (TPSA) is 59.6 Å². The number of fused-ring (bicyclic) bond motifs is 1. The lowest BCUT2D eigenvalue weighted by Gasteiger charge is -2.15. The fourth-order valence-electron chi connectivity index (χ4n) is 3.81. The van der Waals surface area contributed by atoms with E-state index in [0.717, 1.165) is 6.07 Å². The zero-order valence-corrected chi connectivity index (χ0v) is 17.1. The van der Waals surface area contributed by atoms with E-state index in [1.165, 1.54) is 21.7 Å². The van der Waals surface area contributed by atoms with Gasteiger partial charge in [-0.05, 0) is 38.1 Å². The van der Waals surface area contributed by atoms with Gasteiger partial charge in [0, 0.05) is 19.2 Å². The van der Waals surface area contributed by atoms with Gasteiger partial charge in [-0.1, -0.05) is 24.3 Å². The Bertz CT molecular complexity index is 1270. The lowest BCUT2D eigenvalue weighted by Crippen LogP contribution is -2.29. The number of hydrogen-bond donors (Lipinski definition) is 0. The lowest BCUT2D eigenvalue weighted by molar-refractivity contribution is -0.137. The van der Waals surface area contributed by atoms with E-state index < -0.39 is 23.2 Å². The summed E-state index contributed by atoms with van der Waals surface area (Å²) in [5.74, 6) is -0.664. The van der Waals surface area contributed by atoms with E-state index in [2.05, 4.69) is 4.99 Å². The van der Waals surface area contributed by atoms with Crippen molar-refractivity contribution in [3.8, 4) is 5.69 Å². The second-order valence-corrected chi connectivity index (χ2v) is 7.12. The van der Waals surface area contributed by atoms with Crippen molar-refractivity contribution >= 4 is 23.0 Å². The molecule has 0 saturated carbocycles. The van der Waals surface area contributed by atoms with Crippen LogP contribution in [0.15, 0.2) is 58.3 Å². The summed E-state index contributed by atoms with van der Waals surface area (Å²) < 4.78 is 44.0. The highest BCUT2D eigenvalue weighted by Crippen LogP contribution is 2.40. The van der Waals surface area contributed by atoms with Crippen LogP contribution in [0.1, 0.15) is 23.7 Å². The normalized spacial score (nSPS) is 15.1. The summed E-state index contributed by atoms with van der Waals surface area (Å²) >= 11 is 0. The number of para-hydroxylation sites is 1. The molecule has 0 spiro atoms. The van der Waals surface area contributed by atoms with Crippen LogP contribution >= 0.6 is 0 Å². The van der Waals surface area contributed by atoms with Gasteiger partial charge in [0.15, 0.2) is 5.69 Å². The predicted molar refractivity (Wildman–Crippen MR) is 111 cm³/mol. The van der Waals surface area contributed by atoms with Gasteiger partial charge in [0.1, 0.15) is 5.71 Å². The van der Waals surface area contributed by atoms with Crippen molar-refractivity contribution in [1.82, 2.24) is 9.36 Å². The summed E-state index contributed by atoms with van der Waals surface area (Å²) in [6.07, 6.45) is -4.67. The number of alkyl halides is 3. The molecule has 0 unspecified atom stereocenters. The Balaban J connectivity index is 1.99. The van der Waals surface area contributed by atoms with Gasteiger partial charge in [0.05, 0.1) is 22.6 Å². The van der Waals surface area contributed by atoms with Gasteiger partial charge in [0.25, 0.3) is 11.5 Å². The third kappa shape index (κ3) is 3.17. The lowest BCUT2D eigenvalue weighted by atomic mass is 10.0. The molecule has 3 aromatic rings. The number of nitrogens with zero attached hydrogens (tertiary/aromatic N) is 4. The number of aliphatic imine (C=N–C) groups is 1. The Morgan fingerprint density at radius 1 is 1.00 bits per heavy atom. The Morgan fingerprint density at radius 2 is 1.68 bits per heavy atom. The highest BCUT2D eigenvalue weighted by atomic mass is 19.4. The molecule has 0 radical (unpaired) electrons. The number of aromatic nitrogens is 2. The summed E-state index contributed by atoms with van der Waals surface area (Å²) in [5, 5.41) is 0. The van der Waals surface area contributed by atoms with Crippen LogP contribution in [0, 0.1) is 6.92 Å². The van der Waals surface area contributed by atoms with E-state index in [1.54, 1.807) is 55.9 Å². The molecule has 2 aromatic carbocycles. The van der Waals surface area contributed by atoms with E-state index in [0.29, 0.717) is 11.4 Å². The van der Waals surface area contributed by atoms with Gasteiger partial charge >= 0.3 is 6.18 Å². The van der Waals surface area contributed by atoms with Crippen LogP contribution in [0.25, 0.3) is 5.69 Å². The number of likely N-dealkylation sites (N-methyl/N-ethyl adjacent to an activating group) is 1. The molecule has 0 N–H and O–H groups in total. The molecule has 0 aliphatic carbocycles. The molecular weight excluding hydrogens is 409 g/mol. The molecule has 0 bridgehead atoms.